The van der Waals surface area contributed by atoms with E-state index in [1.54, 1.807) is 24.4 Å². The molecule has 0 bridgehead atoms. The van der Waals surface area contributed by atoms with Crippen LogP contribution in [0.25, 0.3) is 50.4 Å². The highest BCUT2D eigenvalue weighted by Gasteiger charge is 2.18. The number of hydrogen-bond acceptors (Lipinski definition) is 7. The van der Waals surface area contributed by atoms with Crippen molar-refractivity contribution in [3.05, 3.63) is 66.6 Å². The van der Waals surface area contributed by atoms with Crippen LogP contribution in [0.1, 0.15) is 0 Å². The fourth-order valence-electron chi connectivity index (χ4n) is 3.56. The average molecular weight is 397 g/mol. The molecule has 0 aliphatic rings. The van der Waals surface area contributed by atoms with Crippen LogP contribution in [0.2, 0.25) is 0 Å². The number of para-hydroxylation sites is 2. The molecule has 30 heavy (non-hydrogen) atoms. The van der Waals surface area contributed by atoms with Crippen LogP contribution in [-0.2, 0) is 0 Å². The van der Waals surface area contributed by atoms with Crippen LogP contribution < -0.4 is 5.73 Å². The summed E-state index contributed by atoms with van der Waals surface area (Å²) in [6.07, 6.45) is 1.71. The Morgan fingerprint density at radius 3 is 2.70 bits per heavy atom. The minimum Gasteiger partial charge on any atom is -0.414 e. The number of halogens is 1. The van der Waals surface area contributed by atoms with Crippen LogP contribution in [0.5, 0.6) is 0 Å². The number of nitrogens with two attached hydrogens (primary N) is 1. The minimum absolute atomic E-state index is 0.0619. The van der Waals surface area contributed by atoms with Crippen LogP contribution in [0, 0.1) is 5.82 Å². The fourth-order valence-corrected chi connectivity index (χ4v) is 3.56. The Morgan fingerprint density at radius 2 is 1.77 bits per heavy atom. The molecule has 0 amide bonds. The van der Waals surface area contributed by atoms with Crippen molar-refractivity contribution in [2.75, 3.05) is 5.73 Å². The molecule has 0 atom stereocenters. The topological polar surface area (TPSA) is 108 Å². The zero-order valence-corrected chi connectivity index (χ0v) is 15.3. The lowest BCUT2D eigenvalue weighted by Gasteiger charge is -2.03. The molecule has 0 saturated heterocycles. The lowest BCUT2D eigenvalue weighted by Crippen LogP contribution is -2.03. The molecule has 2 aromatic carbocycles. The molecule has 0 radical (unpaired) electrons. The predicted octanol–water partition coefficient (Wildman–Crippen LogP) is 3.87. The first kappa shape index (κ1) is 16.5. The van der Waals surface area contributed by atoms with Crippen LogP contribution >= 0.6 is 0 Å². The smallest absolute Gasteiger partial charge is 0.268 e. The molecule has 0 fully saturated rings. The van der Waals surface area contributed by atoms with Gasteiger partial charge in [0.05, 0.1) is 16.6 Å². The van der Waals surface area contributed by atoms with E-state index in [1.165, 1.54) is 10.6 Å². The van der Waals surface area contributed by atoms with E-state index in [2.05, 4.69) is 25.3 Å². The molecule has 6 aromatic rings. The SMILES string of the molecule is Nc1nc2c(F)cccc2c2cc(-c3nnc(-c4cccc5cccnc45)o3)nn12. The molecule has 0 saturated carbocycles. The zero-order chi connectivity index (χ0) is 20.2. The van der Waals surface area contributed by atoms with Crippen LogP contribution in [0.4, 0.5) is 10.3 Å². The molecule has 0 aliphatic carbocycles. The Kier molecular flexibility index (Phi) is 3.33. The van der Waals surface area contributed by atoms with E-state index in [1.807, 2.05) is 30.3 Å². The van der Waals surface area contributed by atoms with Gasteiger partial charge in [0, 0.05) is 17.0 Å². The van der Waals surface area contributed by atoms with E-state index in [9.17, 15) is 4.39 Å². The number of nitrogen functional groups attached to an aromatic ring is 1. The molecule has 8 nitrogen and oxygen atoms in total. The molecule has 2 N–H and O–H groups in total. The molecule has 0 aliphatic heterocycles. The molecule has 0 unspecified atom stereocenters. The number of hydrogen-bond donors (Lipinski definition) is 1. The fraction of sp³-hybridized carbons (Fsp3) is 0. The molecule has 144 valence electrons. The zero-order valence-electron chi connectivity index (χ0n) is 15.3. The Bertz CT molecular complexity index is 1580. The van der Waals surface area contributed by atoms with Crippen molar-refractivity contribution >= 4 is 33.3 Å². The van der Waals surface area contributed by atoms with Crippen molar-refractivity contribution in [2.24, 2.45) is 0 Å². The van der Waals surface area contributed by atoms with E-state index in [-0.39, 0.29) is 17.4 Å². The van der Waals surface area contributed by atoms with Gasteiger partial charge in [-0.1, -0.05) is 30.3 Å². The number of rotatable bonds is 2. The maximum absolute atomic E-state index is 14.1. The number of benzene rings is 2. The number of nitrogens with zero attached hydrogens (tertiary/aromatic N) is 6. The molecule has 6 rings (SSSR count). The quantitative estimate of drug-likeness (QED) is 0.472. The number of pyridine rings is 1. The van der Waals surface area contributed by atoms with Gasteiger partial charge in [-0.15, -0.1) is 10.2 Å². The van der Waals surface area contributed by atoms with E-state index in [0.717, 1.165) is 16.5 Å². The largest absolute Gasteiger partial charge is 0.414 e. The highest BCUT2D eigenvalue weighted by Crippen LogP contribution is 2.30. The van der Waals surface area contributed by atoms with E-state index >= 15 is 0 Å². The second-order valence-electron chi connectivity index (χ2n) is 6.73. The van der Waals surface area contributed by atoms with Gasteiger partial charge in [0.25, 0.3) is 5.89 Å². The summed E-state index contributed by atoms with van der Waals surface area (Å²) in [6.45, 7) is 0. The Labute approximate surface area is 167 Å². The van der Waals surface area contributed by atoms with Crippen molar-refractivity contribution < 1.29 is 8.81 Å². The lowest BCUT2D eigenvalue weighted by molar-refractivity contribution is 0.582. The van der Waals surface area contributed by atoms with Gasteiger partial charge >= 0.3 is 0 Å². The second-order valence-corrected chi connectivity index (χ2v) is 6.73. The highest BCUT2D eigenvalue weighted by atomic mass is 19.1. The van der Waals surface area contributed by atoms with Crippen LogP contribution in [0.15, 0.2) is 65.2 Å². The maximum atomic E-state index is 14.1. The van der Waals surface area contributed by atoms with E-state index < -0.39 is 5.82 Å². The summed E-state index contributed by atoms with van der Waals surface area (Å²) in [6, 6.07) is 16.0. The third kappa shape index (κ3) is 2.35. The van der Waals surface area contributed by atoms with Crippen LogP contribution in [-0.4, -0.2) is 29.8 Å². The highest BCUT2D eigenvalue weighted by molar-refractivity contribution is 5.96. The Balaban J connectivity index is 1.52. The summed E-state index contributed by atoms with van der Waals surface area (Å²) in [7, 11) is 0. The van der Waals surface area contributed by atoms with E-state index in [0.29, 0.717) is 22.5 Å². The standard InChI is InChI=1S/C21H12FN7O/c22-14-8-2-6-12-16-10-15(28-29(16)21(23)25-18(12)14)20-27-26-19(30-20)13-7-1-4-11-5-3-9-24-17(11)13/h1-10H,(H2,23,25). The van der Waals surface area contributed by atoms with Gasteiger partial charge in [-0.2, -0.15) is 9.61 Å². The summed E-state index contributed by atoms with van der Waals surface area (Å²) in [4.78, 5) is 8.55. The first-order valence-corrected chi connectivity index (χ1v) is 9.10. The van der Waals surface area contributed by atoms with Gasteiger partial charge in [-0.05, 0) is 24.3 Å². The summed E-state index contributed by atoms with van der Waals surface area (Å²) < 4.78 is 21.5. The van der Waals surface area contributed by atoms with Gasteiger partial charge in [0.1, 0.15) is 11.3 Å². The number of aromatic nitrogens is 6. The van der Waals surface area contributed by atoms with Crippen molar-refractivity contribution in [1.29, 1.82) is 0 Å². The van der Waals surface area contributed by atoms with Crippen molar-refractivity contribution in [3.63, 3.8) is 0 Å². The number of anilines is 1. The van der Waals surface area contributed by atoms with Crippen molar-refractivity contribution in [2.45, 2.75) is 0 Å². The lowest BCUT2D eigenvalue weighted by atomic mass is 10.1. The van der Waals surface area contributed by atoms with Crippen LogP contribution in [0.3, 0.4) is 0 Å². The second kappa shape index (κ2) is 6.05. The molecule has 9 heteroatoms. The summed E-state index contributed by atoms with van der Waals surface area (Å²) >= 11 is 0. The summed E-state index contributed by atoms with van der Waals surface area (Å²) in [5.41, 5.74) is 8.67. The molecule has 4 aromatic heterocycles. The first-order valence-electron chi connectivity index (χ1n) is 9.10. The summed E-state index contributed by atoms with van der Waals surface area (Å²) in [5.74, 6) is 0.152. The van der Waals surface area contributed by atoms with Gasteiger partial charge < -0.3 is 10.2 Å². The predicted molar refractivity (Wildman–Crippen MR) is 109 cm³/mol. The maximum Gasteiger partial charge on any atom is 0.268 e. The summed E-state index contributed by atoms with van der Waals surface area (Å²) in [5, 5.41) is 14.3. The first-order chi connectivity index (χ1) is 14.7. The third-order valence-electron chi connectivity index (χ3n) is 4.92. The minimum atomic E-state index is -0.451. The molecule has 0 spiro atoms. The Morgan fingerprint density at radius 1 is 0.933 bits per heavy atom. The molecular weight excluding hydrogens is 385 g/mol. The van der Waals surface area contributed by atoms with Gasteiger partial charge in [-0.25, -0.2) is 9.37 Å². The van der Waals surface area contributed by atoms with Gasteiger partial charge in [0.2, 0.25) is 11.8 Å². The van der Waals surface area contributed by atoms with Gasteiger partial charge in [-0.3, -0.25) is 4.98 Å². The van der Waals surface area contributed by atoms with Crippen molar-refractivity contribution in [3.8, 4) is 23.0 Å². The Hall–Kier alpha value is -4.40. The van der Waals surface area contributed by atoms with Gasteiger partial charge in [0.15, 0.2) is 5.69 Å². The van der Waals surface area contributed by atoms with Crippen molar-refractivity contribution in [1.82, 2.24) is 29.8 Å². The van der Waals surface area contributed by atoms with E-state index in [4.69, 9.17) is 10.2 Å². The molecular formula is C21H12FN7O. The number of fused-ring (bicyclic) bond motifs is 4. The molecule has 4 heterocycles. The monoisotopic (exact) mass is 397 g/mol. The average Bonchev–Trinajstić information content (AvgIpc) is 3.42. The normalized spacial score (nSPS) is 11.6. The third-order valence-corrected chi connectivity index (χ3v) is 4.92.